The van der Waals surface area contributed by atoms with Crippen molar-refractivity contribution in [1.29, 1.82) is 0 Å². The van der Waals surface area contributed by atoms with Crippen molar-refractivity contribution in [3.05, 3.63) is 0 Å². The number of esters is 3. The molecule has 3 atom stereocenters. The normalized spacial score (nSPS) is 14.6. The Labute approximate surface area is 116 Å². The number of aliphatic hydroxyl groups excluding tert-OH is 1. The molecule has 8 heteroatoms. The fraction of sp³-hybridized carbons (Fsp3) is 0.667. The molecular formula is C12H18O8. The van der Waals surface area contributed by atoms with E-state index >= 15 is 0 Å². The molecule has 0 saturated carbocycles. The molecule has 0 amide bonds. The molecule has 0 aliphatic heterocycles. The highest BCUT2D eigenvalue weighted by molar-refractivity contribution is 5.68. The standard InChI is InChI=1S/C12H18O8/c1-7(15)18-10(4-5-13)12(20-9(3)17)11(6-14)19-8(2)16/h5,10-12,14H,4,6H2,1-3H3/t10-,11-,12-/m1/s1. The smallest absolute Gasteiger partial charge is 0.303 e. The van der Waals surface area contributed by atoms with E-state index in [1.807, 2.05) is 0 Å². The lowest BCUT2D eigenvalue weighted by Crippen LogP contribution is -2.46. The number of rotatable bonds is 8. The number of hydrogen-bond donors (Lipinski definition) is 1. The summed E-state index contributed by atoms with van der Waals surface area (Å²) in [5, 5.41) is 9.21. The Kier molecular flexibility index (Phi) is 8.14. The van der Waals surface area contributed by atoms with Crippen LogP contribution >= 0.6 is 0 Å². The molecule has 0 unspecified atom stereocenters. The third-order valence-electron chi connectivity index (χ3n) is 2.18. The molecule has 114 valence electrons. The predicted molar refractivity (Wildman–Crippen MR) is 64.4 cm³/mol. The lowest BCUT2D eigenvalue weighted by molar-refractivity contribution is -0.186. The molecule has 0 aliphatic carbocycles. The van der Waals surface area contributed by atoms with Crippen molar-refractivity contribution in [2.75, 3.05) is 6.61 Å². The highest BCUT2D eigenvalue weighted by Crippen LogP contribution is 2.16. The Morgan fingerprint density at radius 3 is 1.75 bits per heavy atom. The zero-order chi connectivity index (χ0) is 15.7. The molecule has 0 heterocycles. The van der Waals surface area contributed by atoms with E-state index in [-0.39, 0.29) is 6.42 Å². The Morgan fingerprint density at radius 1 is 0.950 bits per heavy atom. The van der Waals surface area contributed by atoms with Crippen LogP contribution in [-0.4, -0.2) is 54.2 Å². The summed E-state index contributed by atoms with van der Waals surface area (Å²) in [6, 6.07) is 0. The summed E-state index contributed by atoms with van der Waals surface area (Å²) in [6.07, 6.45) is -3.46. The van der Waals surface area contributed by atoms with Crippen molar-refractivity contribution in [1.82, 2.24) is 0 Å². The van der Waals surface area contributed by atoms with Gasteiger partial charge in [0.2, 0.25) is 0 Å². The molecule has 0 aromatic carbocycles. The van der Waals surface area contributed by atoms with Crippen LogP contribution in [0.1, 0.15) is 27.2 Å². The first-order valence-electron chi connectivity index (χ1n) is 5.88. The highest BCUT2D eigenvalue weighted by Gasteiger charge is 2.36. The Morgan fingerprint density at radius 2 is 1.40 bits per heavy atom. The topological polar surface area (TPSA) is 116 Å². The number of ether oxygens (including phenoxy) is 3. The first-order chi connectivity index (χ1) is 9.31. The van der Waals surface area contributed by atoms with Crippen LogP contribution in [0.3, 0.4) is 0 Å². The van der Waals surface area contributed by atoms with Crippen molar-refractivity contribution in [2.45, 2.75) is 45.5 Å². The van der Waals surface area contributed by atoms with Gasteiger partial charge in [-0.2, -0.15) is 0 Å². The molecule has 0 aromatic heterocycles. The third kappa shape index (κ3) is 6.83. The zero-order valence-electron chi connectivity index (χ0n) is 11.5. The average molecular weight is 290 g/mol. The van der Waals surface area contributed by atoms with Crippen LogP contribution in [0.5, 0.6) is 0 Å². The average Bonchev–Trinajstić information content (AvgIpc) is 2.31. The van der Waals surface area contributed by atoms with E-state index in [1.165, 1.54) is 0 Å². The molecule has 0 spiro atoms. The third-order valence-corrected chi connectivity index (χ3v) is 2.18. The minimum absolute atomic E-state index is 0.269. The summed E-state index contributed by atoms with van der Waals surface area (Å²) in [5.74, 6) is -2.15. The van der Waals surface area contributed by atoms with Gasteiger partial charge in [0.1, 0.15) is 12.4 Å². The van der Waals surface area contributed by atoms with Crippen molar-refractivity contribution in [3.63, 3.8) is 0 Å². The van der Waals surface area contributed by atoms with Crippen LogP contribution in [0.2, 0.25) is 0 Å². The van der Waals surface area contributed by atoms with Gasteiger partial charge in [0.25, 0.3) is 0 Å². The van der Waals surface area contributed by atoms with E-state index in [0.717, 1.165) is 20.8 Å². The number of carbonyl (C=O) groups is 4. The summed E-state index contributed by atoms with van der Waals surface area (Å²) in [4.78, 5) is 43.7. The van der Waals surface area contributed by atoms with Crippen molar-refractivity contribution in [2.24, 2.45) is 0 Å². The largest absolute Gasteiger partial charge is 0.458 e. The van der Waals surface area contributed by atoms with Crippen molar-refractivity contribution >= 4 is 24.2 Å². The van der Waals surface area contributed by atoms with E-state index in [2.05, 4.69) is 0 Å². The van der Waals surface area contributed by atoms with Gasteiger partial charge >= 0.3 is 17.9 Å². The maximum absolute atomic E-state index is 11.1. The van der Waals surface area contributed by atoms with Gasteiger partial charge in [-0.15, -0.1) is 0 Å². The van der Waals surface area contributed by atoms with Crippen LogP contribution < -0.4 is 0 Å². The molecule has 0 aliphatic rings. The second-order valence-corrected chi connectivity index (χ2v) is 3.95. The number of aldehydes is 1. The second-order valence-electron chi connectivity index (χ2n) is 3.95. The quantitative estimate of drug-likeness (QED) is 0.356. The lowest BCUT2D eigenvalue weighted by Gasteiger charge is -2.30. The molecule has 0 fully saturated rings. The number of aliphatic hydroxyl groups is 1. The zero-order valence-corrected chi connectivity index (χ0v) is 11.5. The van der Waals surface area contributed by atoms with E-state index < -0.39 is 42.8 Å². The van der Waals surface area contributed by atoms with Crippen LogP contribution in [0.15, 0.2) is 0 Å². The van der Waals surface area contributed by atoms with Gasteiger partial charge in [0.05, 0.1) is 6.61 Å². The molecule has 0 aromatic rings. The molecule has 0 rings (SSSR count). The molecule has 0 saturated heterocycles. The van der Waals surface area contributed by atoms with Crippen LogP contribution in [-0.2, 0) is 33.4 Å². The van der Waals surface area contributed by atoms with Crippen LogP contribution in [0, 0.1) is 0 Å². The summed E-state index contributed by atoms with van der Waals surface area (Å²) in [7, 11) is 0. The van der Waals surface area contributed by atoms with Gasteiger partial charge in [0, 0.05) is 27.2 Å². The van der Waals surface area contributed by atoms with E-state index in [1.54, 1.807) is 0 Å². The summed E-state index contributed by atoms with van der Waals surface area (Å²) < 4.78 is 14.6. The Hall–Kier alpha value is -1.96. The predicted octanol–water partition coefficient (Wildman–Crippen LogP) is -0.637. The number of carbonyl (C=O) groups excluding carboxylic acids is 4. The SMILES string of the molecule is CC(=O)O[C@@H]([C@@H](CO)OC(C)=O)[C@@H](CC=O)OC(C)=O. The van der Waals surface area contributed by atoms with E-state index in [0.29, 0.717) is 6.29 Å². The van der Waals surface area contributed by atoms with Gasteiger partial charge in [-0.1, -0.05) is 0 Å². The first-order valence-corrected chi connectivity index (χ1v) is 5.88. The first kappa shape index (κ1) is 18.0. The second kappa shape index (κ2) is 9.03. The van der Waals surface area contributed by atoms with E-state index in [9.17, 15) is 24.3 Å². The van der Waals surface area contributed by atoms with Crippen molar-refractivity contribution < 1.29 is 38.5 Å². The number of hydrogen-bond acceptors (Lipinski definition) is 8. The van der Waals surface area contributed by atoms with Gasteiger partial charge < -0.3 is 24.1 Å². The summed E-state index contributed by atoms with van der Waals surface area (Å²) in [6.45, 7) is 2.66. The fourth-order valence-corrected chi connectivity index (χ4v) is 1.56. The van der Waals surface area contributed by atoms with Gasteiger partial charge in [-0.05, 0) is 0 Å². The molecule has 20 heavy (non-hydrogen) atoms. The van der Waals surface area contributed by atoms with E-state index in [4.69, 9.17) is 14.2 Å². The maximum atomic E-state index is 11.1. The molecule has 0 bridgehead atoms. The van der Waals surface area contributed by atoms with Gasteiger partial charge in [0.15, 0.2) is 12.2 Å². The Balaban J connectivity index is 5.21. The van der Waals surface area contributed by atoms with Crippen LogP contribution in [0.25, 0.3) is 0 Å². The summed E-state index contributed by atoms with van der Waals surface area (Å²) >= 11 is 0. The summed E-state index contributed by atoms with van der Waals surface area (Å²) in [5.41, 5.74) is 0. The Bertz CT molecular complexity index is 364. The minimum atomic E-state index is -1.27. The minimum Gasteiger partial charge on any atom is -0.458 e. The maximum Gasteiger partial charge on any atom is 0.303 e. The van der Waals surface area contributed by atoms with Gasteiger partial charge in [-0.3, -0.25) is 14.4 Å². The molecule has 1 N–H and O–H groups in total. The fourth-order valence-electron chi connectivity index (χ4n) is 1.56. The molecular weight excluding hydrogens is 272 g/mol. The monoisotopic (exact) mass is 290 g/mol. The van der Waals surface area contributed by atoms with Crippen LogP contribution in [0.4, 0.5) is 0 Å². The van der Waals surface area contributed by atoms with Crippen molar-refractivity contribution in [3.8, 4) is 0 Å². The highest BCUT2D eigenvalue weighted by atomic mass is 16.6. The molecule has 8 nitrogen and oxygen atoms in total. The molecule has 0 radical (unpaired) electrons. The van der Waals surface area contributed by atoms with Gasteiger partial charge in [-0.25, -0.2) is 0 Å². The lowest BCUT2D eigenvalue weighted by atomic mass is 10.1.